The molecule has 198 valence electrons. The highest BCUT2D eigenvalue weighted by Crippen LogP contribution is 2.47. The number of amides is 2. The molecule has 4 atom stereocenters. The number of benzene rings is 3. The van der Waals surface area contributed by atoms with Crippen LogP contribution in [0.4, 0.5) is 11.4 Å². The summed E-state index contributed by atoms with van der Waals surface area (Å²) in [4.78, 5) is 40.8. The molecule has 1 fully saturated rings. The van der Waals surface area contributed by atoms with Gasteiger partial charge in [0.25, 0.3) is 0 Å². The molecule has 0 saturated heterocycles. The van der Waals surface area contributed by atoms with Gasteiger partial charge in [0.05, 0.1) is 18.1 Å². The Balaban J connectivity index is 1.76. The second kappa shape index (κ2) is 12.0. The maximum absolute atomic E-state index is 13.8. The lowest BCUT2D eigenvalue weighted by Crippen LogP contribution is -2.56. The van der Waals surface area contributed by atoms with E-state index in [1.54, 1.807) is 72.8 Å². The zero-order valence-electron chi connectivity index (χ0n) is 21.7. The van der Waals surface area contributed by atoms with Crippen LogP contribution < -0.4 is 15.4 Å². The standard InChI is InChI=1S/C31H34N2O5/c1-3-4-18-38-24-17-11-12-21(19-24)26-27(29(35)32-22-13-7-5-8-14-22)25(34)20-31(2,37)28(26)30(36)33-23-15-9-6-10-16-23/h5-17,19,26-28,37H,3-4,18,20H2,1-2H3,(H,32,35)(H,33,36). The molecule has 4 rings (SSSR count). The van der Waals surface area contributed by atoms with Gasteiger partial charge in [-0.2, -0.15) is 0 Å². The predicted octanol–water partition coefficient (Wildman–Crippen LogP) is 5.18. The summed E-state index contributed by atoms with van der Waals surface area (Å²) in [7, 11) is 0. The number of unbranched alkanes of at least 4 members (excludes halogenated alkanes) is 1. The van der Waals surface area contributed by atoms with Gasteiger partial charge in [-0.05, 0) is 55.3 Å². The molecular weight excluding hydrogens is 480 g/mol. The molecule has 0 aromatic heterocycles. The van der Waals surface area contributed by atoms with Gasteiger partial charge in [0, 0.05) is 23.7 Å². The van der Waals surface area contributed by atoms with Crippen molar-refractivity contribution in [2.75, 3.05) is 17.2 Å². The molecular formula is C31H34N2O5. The first kappa shape index (κ1) is 27.1. The monoisotopic (exact) mass is 514 g/mol. The summed E-state index contributed by atoms with van der Waals surface area (Å²) in [5.74, 6) is -4.02. The van der Waals surface area contributed by atoms with Gasteiger partial charge in [0.1, 0.15) is 17.5 Å². The number of hydrogen-bond donors (Lipinski definition) is 3. The Kier molecular flexibility index (Phi) is 8.59. The van der Waals surface area contributed by atoms with Crippen LogP contribution in [-0.4, -0.2) is 34.9 Å². The topological polar surface area (TPSA) is 105 Å². The largest absolute Gasteiger partial charge is 0.494 e. The third kappa shape index (κ3) is 6.29. The molecule has 3 aromatic carbocycles. The molecule has 1 aliphatic carbocycles. The second-order valence-electron chi connectivity index (χ2n) is 9.97. The number of Topliss-reactive ketones (excluding diaryl/α,β-unsaturated/α-hetero) is 1. The molecule has 3 aromatic rings. The van der Waals surface area contributed by atoms with Gasteiger partial charge in [-0.1, -0.05) is 61.9 Å². The lowest BCUT2D eigenvalue weighted by Gasteiger charge is -2.44. The van der Waals surface area contributed by atoms with Crippen molar-refractivity contribution < 1.29 is 24.2 Å². The van der Waals surface area contributed by atoms with Crippen molar-refractivity contribution in [2.24, 2.45) is 11.8 Å². The predicted molar refractivity (Wildman–Crippen MR) is 147 cm³/mol. The van der Waals surface area contributed by atoms with Crippen molar-refractivity contribution in [2.45, 2.75) is 44.6 Å². The number of ketones is 1. The Bertz CT molecular complexity index is 1260. The van der Waals surface area contributed by atoms with E-state index in [4.69, 9.17) is 4.74 Å². The molecule has 7 heteroatoms. The quantitative estimate of drug-likeness (QED) is 0.270. The molecule has 2 amide bonds. The number of carbonyl (C=O) groups excluding carboxylic acids is 3. The van der Waals surface area contributed by atoms with Crippen LogP contribution in [0.5, 0.6) is 5.75 Å². The highest BCUT2D eigenvalue weighted by atomic mass is 16.5. The van der Waals surface area contributed by atoms with Crippen LogP contribution >= 0.6 is 0 Å². The third-order valence-electron chi connectivity index (χ3n) is 6.92. The normalized spacial score (nSPS) is 22.9. The van der Waals surface area contributed by atoms with E-state index in [0.717, 1.165) is 12.8 Å². The zero-order chi connectivity index (χ0) is 27.1. The minimum Gasteiger partial charge on any atom is -0.494 e. The summed E-state index contributed by atoms with van der Waals surface area (Å²) in [5.41, 5.74) is 0.00592. The molecule has 0 bridgehead atoms. The Morgan fingerprint density at radius 2 is 1.53 bits per heavy atom. The van der Waals surface area contributed by atoms with E-state index in [1.165, 1.54) is 6.92 Å². The molecule has 38 heavy (non-hydrogen) atoms. The molecule has 0 radical (unpaired) electrons. The fourth-order valence-electron chi connectivity index (χ4n) is 5.12. The number of aliphatic hydroxyl groups is 1. The van der Waals surface area contributed by atoms with E-state index < -0.39 is 41.0 Å². The number of anilines is 2. The third-order valence-corrected chi connectivity index (χ3v) is 6.92. The van der Waals surface area contributed by atoms with Crippen LogP contribution in [0.1, 0.15) is 44.6 Å². The highest BCUT2D eigenvalue weighted by Gasteiger charge is 2.56. The Hall–Kier alpha value is -3.97. The summed E-state index contributed by atoms with van der Waals surface area (Å²) in [5, 5.41) is 17.2. The van der Waals surface area contributed by atoms with Gasteiger partial charge in [-0.3, -0.25) is 14.4 Å². The van der Waals surface area contributed by atoms with Crippen molar-refractivity contribution in [3.8, 4) is 5.75 Å². The number of para-hydroxylation sites is 2. The molecule has 3 N–H and O–H groups in total. The second-order valence-corrected chi connectivity index (χ2v) is 9.97. The number of nitrogens with one attached hydrogen (secondary N) is 2. The summed E-state index contributed by atoms with van der Waals surface area (Å²) in [6.45, 7) is 4.08. The summed E-state index contributed by atoms with van der Waals surface area (Å²) < 4.78 is 5.89. The van der Waals surface area contributed by atoms with E-state index in [1.807, 2.05) is 12.1 Å². The van der Waals surface area contributed by atoms with Crippen LogP contribution in [0.3, 0.4) is 0 Å². The smallest absolute Gasteiger partial charge is 0.235 e. The van der Waals surface area contributed by atoms with E-state index >= 15 is 0 Å². The van der Waals surface area contributed by atoms with E-state index in [-0.39, 0.29) is 6.42 Å². The lowest BCUT2D eigenvalue weighted by atomic mass is 9.61. The van der Waals surface area contributed by atoms with Crippen LogP contribution in [0, 0.1) is 11.8 Å². The molecule has 7 nitrogen and oxygen atoms in total. The Morgan fingerprint density at radius 3 is 2.13 bits per heavy atom. The molecule has 0 aliphatic heterocycles. The maximum Gasteiger partial charge on any atom is 0.235 e. The van der Waals surface area contributed by atoms with Gasteiger partial charge < -0.3 is 20.5 Å². The van der Waals surface area contributed by atoms with E-state index in [2.05, 4.69) is 17.6 Å². The van der Waals surface area contributed by atoms with Crippen LogP contribution in [0.15, 0.2) is 84.9 Å². The fourth-order valence-corrected chi connectivity index (χ4v) is 5.12. The molecule has 0 spiro atoms. The van der Waals surface area contributed by atoms with Gasteiger partial charge >= 0.3 is 0 Å². The van der Waals surface area contributed by atoms with Crippen molar-refractivity contribution in [3.63, 3.8) is 0 Å². The number of rotatable bonds is 9. The highest BCUT2D eigenvalue weighted by molar-refractivity contribution is 6.10. The number of carbonyl (C=O) groups is 3. The van der Waals surface area contributed by atoms with Gasteiger partial charge in [-0.15, -0.1) is 0 Å². The van der Waals surface area contributed by atoms with E-state index in [9.17, 15) is 19.5 Å². The lowest BCUT2D eigenvalue weighted by molar-refractivity contribution is -0.150. The number of hydrogen-bond acceptors (Lipinski definition) is 5. The maximum atomic E-state index is 13.8. The number of ether oxygens (including phenoxy) is 1. The Labute approximate surface area is 223 Å². The minimum atomic E-state index is -1.68. The summed E-state index contributed by atoms with van der Waals surface area (Å²) in [6, 6.07) is 24.9. The first-order valence-corrected chi connectivity index (χ1v) is 13.0. The first-order chi connectivity index (χ1) is 18.3. The van der Waals surface area contributed by atoms with Crippen molar-refractivity contribution in [1.82, 2.24) is 0 Å². The van der Waals surface area contributed by atoms with Gasteiger partial charge in [0.15, 0.2) is 0 Å². The first-order valence-electron chi connectivity index (χ1n) is 13.0. The SMILES string of the molecule is CCCCOc1cccc(C2C(C(=O)Nc3ccccc3)C(=O)CC(C)(O)C2C(=O)Nc2ccccc2)c1. The van der Waals surface area contributed by atoms with Crippen molar-refractivity contribution in [1.29, 1.82) is 0 Å². The van der Waals surface area contributed by atoms with Crippen LogP contribution in [-0.2, 0) is 14.4 Å². The van der Waals surface area contributed by atoms with Crippen LogP contribution in [0.2, 0.25) is 0 Å². The molecule has 1 saturated carbocycles. The van der Waals surface area contributed by atoms with Crippen LogP contribution in [0.25, 0.3) is 0 Å². The Morgan fingerprint density at radius 1 is 0.921 bits per heavy atom. The molecule has 0 heterocycles. The summed E-state index contributed by atoms with van der Waals surface area (Å²) >= 11 is 0. The molecule has 4 unspecified atom stereocenters. The zero-order valence-corrected chi connectivity index (χ0v) is 21.7. The van der Waals surface area contributed by atoms with Gasteiger partial charge in [0.2, 0.25) is 11.8 Å². The fraction of sp³-hybridized carbons (Fsp3) is 0.323. The molecule has 1 aliphatic rings. The van der Waals surface area contributed by atoms with E-state index in [0.29, 0.717) is 29.3 Å². The average Bonchev–Trinajstić information content (AvgIpc) is 2.89. The van der Waals surface area contributed by atoms with Crippen molar-refractivity contribution >= 4 is 29.0 Å². The van der Waals surface area contributed by atoms with Gasteiger partial charge in [-0.25, -0.2) is 0 Å². The van der Waals surface area contributed by atoms with Crippen molar-refractivity contribution in [3.05, 3.63) is 90.5 Å². The minimum absolute atomic E-state index is 0.323. The summed E-state index contributed by atoms with van der Waals surface area (Å²) in [6.07, 6.45) is 1.53. The average molecular weight is 515 g/mol.